The van der Waals surface area contributed by atoms with Gasteiger partial charge in [-0.3, -0.25) is 19.5 Å². The van der Waals surface area contributed by atoms with E-state index in [1.54, 1.807) is 12.4 Å². The van der Waals surface area contributed by atoms with Crippen molar-refractivity contribution in [2.24, 2.45) is 0 Å². The normalized spacial score (nSPS) is 16.4. The molecule has 7 nitrogen and oxygen atoms in total. The van der Waals surface area contributed by atoms with Crippen LogP contribution in [0.4, 0.5) is 0 Å². The number of nitrogens with one attached hydrogen (secondary N) is 1. The van der Waals surface area contributed by atoms with Gasteiger partial charge in [0.1, 0.15) is 0 Å². The molecule has 2 heterocycles. The van der Waals surface area contributed by atoms with Gasteiger partial charge in [-0.1, -0.05) is 35.3 Å². The van der Waals surface area contributed by atoms with Crippen molar-refractivity contribution in [3.8, 4) is 0 Å². The van der Waals surface area contributed by atoms with E-state index in [9.17, 15) is 4.79 Å². The molecular weight excluding hydrogens is 417 g/mol. The second-order valence-electron chi connectivity index (χ2n) is 6.42. The molecule has 156 valence electrons. The van der Waals surface area contributed by atoms with Gasteiger partial charge in [-0.15, -0.1) is 0 Å². The predicted octanol–water partition coefficient (Wildman–Crippen LogP) is 2.65. The first-order chi connectivity index (χ1) is 14.0. The van der Waals surface area contributed by atoms with E-state index in [-0.39, 0.29) is 18.5 Å². The van der Waals surface area contributed by atoms with Gasteiger partial charge < -0.3 is 15.2 Å². The Morgan fingerprint density at radius 3 is 2.79 bits per heavy atom. The van der Waals surface area contributed by atoms with Crippen LogP contribution in [0.3, 0.4) is 0 Å². The highest BCUT2D eigenvalue weighted by atomic mass is 35.5. The molecule has 29 heavy (non-hydrogen) atoms. The van der Waals surface area contributed by atoms with Crippen LogP contribution in [-0.2, 0) is 27.3 Å². The van der Waals surface area contributed by atoms with Crippen LogP contribution in [0.1, 0.15) is 11.1 Å². The highest BCUT2D eigenvalue weighted by Crippen LogP contribution is 2.23. The van der Waals surface area contributed by atoms with Crippen LogP contribution in [0.2, 0.25) is 10.0 Å². The van der Waals surface area contributed by atoms with Crippen LogP contribution in [0.5, 0.6) is 0 Å². The molecule has 1 fully saturated rings. The lowest BCUT2D eigenvalue weighted by Crippen LogP contribution is -2.47. The Labute approximate surface area is 179 Å². The summed E-state index contributed by atoms with van der Waals surface area (Å²) in [6, 6.07) is 9.41. The van der Waals surface area contributed by atoms with Gasteiger partial charge >= 0.3 is 0 Å². The van der Waals surface area contributed by atoms with E-state index >= 15 is 0 Å². The third-order valence-corrected chi connectivity index (χ3v) is 4.97. The summed E-state index contributed by atoms with van der Waals surface area (Å²) in [4.78, 5) is 26.7. The summed E-state index contributed by atoms with van der Waals surface area (Å²) in [5.41, 5.74) is 2.01. The number of morpholine rings is 1. The van der Waals surface area contributed by atoms with Crippen LogP contribution < -0.4 is 5.32 Å². The van der Waals surface area contributed by atoms with Gasteiger partial charge in [-0.05, 0) is 29.3 Å². The van der Waals surface area contributed by atoms with Gasteiger partial charge in [0.25, 0.3) is 6.47 Å². The Bertz CT molecular complexity index is 793. The molecule has 1 atom stereocenters. The number of carbonyl (C=O) groups is 2. The maximum Gasteiger partial charge on any atom is 0.290 e. The van der Waals surface area contributed by atoms with Gasteiger partial charge in [0.15, 0.2) is 0 Å². The number of rotatable bonds is 6. The Morgan fingerprint density at radius 1 is 1.31 bits per heavy atom. The van der Waals surface area contributed by atoms with Gasteiger partial charge in [-0.2, -0.15) is 0 Å². The first-order valence-electron chi connectivity index (χ1n) is 9.03. The zero-order chi connectivity index (χ0) is 21.1. The summed E-state index contributed by atoms with van der Waals surface area (Å²) in [5.74, 6) is -0.0248. The number of pyridine rings is 1. The molecule has 1 aromatic carbocycles. The highest BCUT2D eigenvalue weighted by molar-refractivity contribution is 6.42. The lowest BCUT2D eigenvalue weighted by Gasteiger charge is -2.33. The molecule has 2 aromatic rings. The topological polar surface area (TPSA) is 91.8 Å². The quantitative estimate of drug-likeness (QED) is 0.672. The largest absolute Gasteiger partial charge is 0.483 e. The smallest absolute Gasteiger partial charge is 0.290 e. The lowest BCUT2D eigenvalue weighted by atomic mass is 10.1. The van der Waals surface area contributed by atoms with Gasteiger partial charge in [0.05, 0.1) is 29.2 Å². The van der Waals surface area contributed by atoms with E-state index in [0.717, 1.165) is 30.8 Å². The second kappa shape index (κ2) is 12.4. The monoisotopic (exact) mass is 439 g/mol. The average Bonchev–Trinajstić information content (AvgIpc) is 2.71. The summed E-state index contributed by atoms with van der Waals surface area (Å²) < 4.78 is 5.77. The molecule has 1 aliphatic rings. The number of amides is 1. The molecule has 0 radical (unpaired) electrons. The highest BCUT2D eigenvalue weighted by Gasteiger charge is 2.21. The summed E-state index contributed by atoms with van der Waals surface area (Å²) >= 11 is 12.0. The van der Waals surface area contributed by atoms with Crippen molar-refractivity contribution in [2.45, 2.75) is 19.1 Å². The van der Waals surface area contributed by atoms with E-state index < -0.39 is 0 Å². The predicted molar refractivity (Wildman–Crippen MR) is 111 cm³/mol. The molecule has 0 bridgehead atoms. The van der Waals surface area contributed by atoms with Crippen LogP contribution in [-0.4, -0.2) is 59.7 Å². The third-order valence-electron chi connectivity index (χ3n) is 4.23. The van der Waals surface area contributed by atoms with Crippen molar-refractivity contribution in [3.05, 3.63) is 63.9 Å². The number of carbonyl (C=O) groups excluding carboxylic acids is 1. The van der Waals surface area contributed by atoms with Crippen molar-refractivity contribution < 1.29 is 19.4 Å². The number of halogens is 2. The zero-order valence-electron chi connectivity index (χ0n) is 15.8. The molecule has 3 rings (SSSR count). The maximum absolute atomic E-state index is 12.1. The van der Waals surface area contributed by atoms with Crippen molar-refractivity contribution >= 4 is 35.6 Å². The molecule has 9 heteroatoms. The number of nitrogens with zero attached hydrogens (tertiary/aromatic N) is 2. The number of benzene rings is 1. The molecular formula is C20H23Cl2N3O4. The van der Waals surface area contributed by atoms with E-state index in [1.165, 1.54) is 0 Å². The summed E-state index contributed by atoms with van der Waals surface area (Å²) in [6.45, 7) is 3.27. The van der Waals surface area contributed by atoms with Crippen LogP contribution in [0, 0.1) is 0 Å². The minimum absolute atomic E-state index is 0.0237. The number of hydrogen-bond donors (Lipinski definition) is 2. The molecule has 2 N–H and O–H groups in total. The summed E-state index contributed by atoms with van der Waals surface area (Å²) in [7, 11) is 0. The number of carboxylic acid groups (broad SMARTS) is 1. The fourth-order valence-electron chi connectivity index (χ4n) is 2.92. The molecule has 0 spiro atoms. The van der Waals surface area contributed by atoms with Crippen LogP contribution in [0.15, 0.2) is 42.7 Å². The molecule has 0 saturated carbocycles. The average molecular weight is 440 g/mol. The molecule has 1 unspecified atom stereocenters. The van der Waals surface area contributed by atoms with Gasteiger partial charge in [0.2, 0.25) is 5.91 Å². The lowest BCUT2D eigenvalue weighted by molar-refractivity contribution is -0.123. The fourth-order valence-corrected chi connectivity index (χ4v) is 3.24. The van der Waals surface area contributed by atoms with Crippen LogP contribution in [0.25, 0.3) is 0 Å². The van der Waals surface area contributed by atoms with Crippen molar-refractivity contribution in [3.63, 3.8) is 0 Å². The fraction of sp³-hybridized carbons (Fsp3) is 0.350. The number of aromatic nitrogens is 1. The van der Waals surface area contributed by atoms with Crippen molar-refractivity contribution in [1.29, 1.82) is 0 Å². The Morgan fingerprint density at radius 2 is 2.10 bits per heavy atom. The number of hydrogen-bond acceptors (Lipinski definition) is 5. The SMILES string of the molecule is O=C(Cc1cccnc1)NCC1CN(Cc2ccc(Cl)c(Cl)c2)CCO1.O=CO. The Balaban J connectivity index is 0.000000941. The molecule has 1 aliphatic heterocycles. The van der Waals surface area contributed by atoms with E-state index in [4.69, 9.17) is 37.8 Å². The first-order valence-corrected chi connectivity index (χ1v) is 9.78. The van der Waals surface area contributed by atoms with Gasteiger partial charge in [-0.25, -0.2) is 0 Å². The summed E-state index contributed by atoms with van der Waals surface area (Å²) in [6.07, 6.45) is 3.70. The van der Waals surface area contributed by atoms with Crippen LogP contribution >= 0.6 is 23.2 Å². The Kier molecular flexibility index (Phi) is 9.87. The van der Waals surface area contributed by atoms with Crippen molar-refractivity contribution in [2.75, 3.05) is 26.2 Å². The standard InChI is InChI=1S/C19H21Cl2N3O2.CH2O2/c20-17-4-3-15(8-18(17)21)12-24-6-7-26-16(13-24)11-23-19(25)9-14-2-1-5-22-10-14;2-1-3/h1-5,8,10,16H,6-7,9,11-13H2,(H,23,25);1H,(H,2,3). The maximum atomic E-state index is 12.1. The van der Waals surface area contributed by atoms with E-state index in [1.807, 2.05) is 30.3 Å². The Hall–Kier alpha value is -2.19. The zero-order valence-corrected chi connectivity index (χ0v) is 17.3. The van der Waals surface area contributed by atoms with Gasteiger partial charge in [0, 0.05) is 38.6 Å². The summed E-state index contributed by atoms with van der Waals surface area (Å²) in [5, 5.41) is 11.0. The number of ether oxygens (including phenoxy) is 1. The minimum atomic E-state index is -0.250. The van der Waals surface area contributed by atoms with Crippen molar-refractivity contribution in [1.82, 2.24) is 15.2 Å². The first kappa shape index (κ1) is 23.1. The van der Waals surface area contributed by atoms with E-state index in [0.29, 0.717) is 29.6 Å². The molecule has 1 aromatic heterocycles. The van der Waals surface area contributed by atoms with E-state index in [2.05, 4.69) is 15.2 Å². The third kappa shape index (κ3) is 8.37. The second-order valence-corrected chi connectivity index (χ2v) is 7.24. The molecule has 1 amide bonds. The molecule has 0 aliphatic carbocycles. The minimum Gasteiger partial charge on any atom is -0.483 e. The molecule has 1 saturated heterocycles.